The second-order valence-electron chi connectivity index (χ2n) is 2.66. The van der Waals surface area contributed by atoms with Gasteiger partial charge in [0.05, 0.1) is 0 Å². The second kappa shape index (κ2) is 6.68. The minimum atomic E-state index is -0.251. The van der Waals surface area contributed by atoms with Gasteiger partial charge in [-0.05, 0) is 12.8 Å². The van der Waals surface area contributed by atoms with Crippen molar-refractivity contribution in [3.63, 3.8) is 0 Å². The van der Waals surface area contributed by atoms with E-state index in [9.17, 15) is 4.79 Å². The molecule has 0 spiro atoms. The molecule has 0 saturated carbocycles. The number of unbranched alkanes of at least 4 members (excludes halogenated alkanes) is 1. The standard InChI is InChI=1S/C10H16O2/c1-4-6-7-10(5-2)8-12-9(3)11/h2,4,6-8H2,1,3H3. The van der Waals surface area contributed by atoms with E-state index in [0.29, 0.717) is 6.61 Å². The number of esters is 1. The third-order valence-electron chi connectivity index (χ3n) is 1.53. The highest BCUT2D eigenvalue weighted by molar-refractivity contribution is 5.66. The van der Waals surface area contributed by atoms with Crippen LogP contribution in [0.3, 0.4) is 0 Å². The zero-order valence-corrected chi connectivity index (χ0v) is 7.85. The van der Waals surface area contributed by atoms with Gasteiger partial charge in [0.15, 0.2) is 0 Å². The molecule has 0 N–H and O–H groups in total. The highest BCUT2D eigenvalue weighted by Crippen LogP contribution is 2.05. The number of carbonyl (C=O) groups is 1. The molecule has 2 heteroatoms. The van der Waals surface area contributed by atoms with E-state index < -0.39 is 0 Å². The van der Waals surface area contributed by atoms with E-state index in [1.165, 1.54) is 6.92 Å². The number of hydrogen-bond donors (Lipinski definition) is 0. The molecule has 12 heavy (non-hydrogen) atoms. The summed E-state index contributed by atoms with van der Waals surface area (Å²) in [5.41, 5.74) is 3.76. The Morgan fingerprint density at radius 1 is 1.58 bits per heavy atom. The second-order valence-corrected chi connectivity index (χ2v) is 2.66. The number of carbonyl (C=O) groups excluding carboxylic acids is 1. The Hall–Kier alpha value is -1.01. The molecule has 0 atom stereocenters. The van der Waals surface area contributed by atoms with Gasteiger partial charge in [0, 0.05) is 12.5 Å². The van der Waals surface area contributed by atoms with Crippen LogP contribution >= 0.6 is 0 Å². The van der Waals surface area contributed by atoms with Gasteiger partial charge in [-0.25, -0.2) is 0 Å². The molecule has 0 fully saturated rings. The number of ether oxygens (including phenoxy) is 1. The van der Waals surface area contributed by atoms with Crippen LogP contribution in [0, 0.1) is 0 Å². The number of rotatable bonds is 5. The first-order chi connectivity index (χ1) is 5.70. The SMILES string of the molecule is C=C=C(CCCC)COC(C)=O. The Bertz CT molecular complexity index is 188. The van der Waals surface area contributed by atoms with Crippen LogP contribution in [0.2, 0.25) is 0 Å². The van der Waals surface area contributed by atoms with Gasteiger partial charge < -0.3 is 4.74 Å². The molecule has 0 aromatic carbocycles. The van der Waals surface area contributed by atoms with Gasteiger partial charge in [-0.15, -0.1) is 5.73 Å². The van der Waals surface area contributed by atoms with E-state index in [2.05, 4.69) is 19.2 Å². The Morgan fingerprint density at radius 2 is 2.25 bits per heavy atom. The molecule has 0 aromatic rings. The van der Waals surface area contributed by atoms with Crippen molar-refractivity contribution in [1.82, 2.24) is 0 Å². The van der Waals surface area contributed by atoms with Crippen LogP contribution in [0.4, 0.5) is 0 Å². The van der Waals surface area contributed by atoms with Crippen LogP contribution in [0.15, 0.2) is 17.9 Å². The fourth-order valence-electron chi connectivity index (χ4n) is 0.791. The first-order valence-corrected chi connectivity index (χ1v) is 4.21. The smallest absolute Gasteiger partial charge is 0.302 e. The topological polar surface area (TPSA) is 26.3 Å². The normalized spacial score (nSPS) is 8.83. The van der Waals surface area contributed by atoms with Gasteiger partial charge in [0.2, 0.25) is 0 Å². The number of hydrogen-bond acceptors (Lipinski definition) is 2. The Kier molecular flexibility index (Phi) is 6.12. The van der Waals surface area contributed by atoms with E-state index >= 15 is 0 Å². The minimum Gasteiger partial charge on any atom is -0.461 e. The molecular weight excluding hydrogens is 152 g/mol. The molecule has 68 valence electrons. The van der Waals surface area contributed by atoms with E-state index in [0.717, 1.165) is 24.8 Å². The third-order valence-corrected chi connectivity index (χ3v) is 1.53. The minimum absolute atomic E-state index is 0.251. The molecule has 0 saturated heterocycles. The summed E-state index contributed by atoms with van der Waals surface area (Å²) in [6.07, 6.45) is 3.15. The predicted molar refractivity (Wildman–Crippen MR) is 48.8 cm³/mol. The summed E-state index contributed by atoms with van der Waals surface area (Å²) in [5.74, 6) is -0.251. The summed E-state index contributed by atoms with van der Waals surface area (Å²) in [7, 11) is 0. The molecule has 0 radical (unpaired) electrons. The summed E-state index contributed by atoms with van der Waals surface area (Å²) in [6.45, 7) is 7.41. The average molecular weight is 168 g/mol. The molecule has 0 aliphatic carbocycles. The van der Waals surface area contributed by atoms with Crippen molar-refractivity contribution >= 4 is 5.97 Å². The quantitative estimate of drug-likeness (QED) is 0.465. The van der Waals surface area contributed by atoms with Crippen molar-refractivity contribution < 1.29 is 9.53 Å². The zero-order chi connectivity index (χ0) is 9.40. The molecule has 2 nitrogen and oxygen atoms in total. The van der Waals surface area contributed by atoms with E-state index in [4.69, 9.17) is 4.74 Å². The fourth-order valence-corrected chi connectivity index (χ4v) is 0.791. The largest absolute Gasteiger partial charge is 0.461 e. The van der Waals surface area contributed by atoms with Crippen molar-refractivity contribution in [1.29, 1.82) is 0 Å². The molecule has 0 bridgehead atoms. The molecule has 0 aliphatic rings. The van der Waals surface area contributed by atoms with Gasteiger partial charge in [-0.3, -0.25) is 4.79 Å². The Morgan fingerprint density at radius 3 is 2.67 bits per heavy atom. The Balaban J connectivity index is 3.70. The van der Waals surface area contributed by atoms with Crippen molar-refractivity contribution in [2.24, 2.45) is 0 Å². The van der Waals surface area contributed by atoms with E-state index in [-0.39, 0.29) is 5.97 Å². The summed E-state index contributed by atoms with van der Waals surface area (Å²) >= 11 is 0. The van der Waals surface area contributed by atoms with E-state index in [1.54, 1.807) is 0 Å². The molecule has 0 rings (SSSR count). The zero-order valence-electron chi connectivity index (χ0n) is 7.85. The molecular formula is C10H16O2. The van der Waals surface area contributed by atoms with Crippen LogP contribution in [0.5, 0.6) is 0 Å². The van der Waals surface area contributed by atoms with Crippen molar-refractivity contribution in [2.75, 3.05) is 6.61 Å². The van der Waals surface area contributed by atoms with Gasteiger partial charge >= 0.3 is 5.97 Å². The summed E-state index contributed by atoms with van der Waals surface area (Å²) in [4.78, 5) is 10.5. The molecule has 0 heterocycles. The molecule has 0 amide bonds. The molecule has 0 aliphatic heterocycles. The lowest BCUT2D eigenvalue weighted by molar-refractivity contribution is -0.140. The van der Waals surface area contributed by atoms with Crippen LogP contribution in [0.25, 0.3) is 0 Å². The molecule has 0 unspecified atom stereocenters. The Labute approximate surface area is 73.9 Å². The maximum atomic E-state index is 10.5. The van der Waals surface area contributed by atoms with Crippen LogP contribution in [-0.2, 0) is 9.53 Å². The monoisotopic (exact) mass is 168 g/mol. The third kappa shape index (κ3) is 5.75. The van der Waals surface area contributed by atoms with Gasteiger partial charge in [0.25, 0.3) is 0 Å². The van der Waals surface area contributed by atoms with Crippen molar-refractivity contribution in [2.45, 2.75) is 33.1 Å². The van der Waals surface area contributed by atoms with Crippen molar-refractivity contribution in [3.8, 4) is 0 Å². The predicted octanol–water partition coefficient (Wildman–Crippen LogP) is 2.45. The first kappa shape index (κ1) is 11.0. The highest BCUT2D eigenvalue weighted by atomic mass is 16.5. The highest BCUT2D eigenvalue weighted by Gasteiger charge is 1.98. The van der Waals surface area contributed by atoms with Crippen LogP contribution < -0.4 is 0 Å². The first-order valence-electron chi connectivity index (χ1n) is 4.21. The van der Waals surface area contributed by atoms with Gasteiger partial charge in [0.1, 0.15) is 6.61 Å². The maximum absolute atomic E-state index is 10.5. The van der Waals surface area contributed by atoms with Crippen LogP contribution in [-0.4, -0.2) is 12.6 Å². The summed E-state index contributed by atoms with van der Waals surface area (Å²) < 4.78 is 4.81. The van der Waals surface area contributed by atoms with Gasteiger partial charge in [-0.1, -0.05) is 19.9 Å². The summed E-state index contributed by atoms with van der Waals surface area (Å²) in [5, 5.41) is 0. The fraction of sp³-hybridized carbons (Fsp3) is 0.600. The lowest BCUT2D eigenvalue weighted by Crippen LogP contribution is -2.02. The maximum Gasteiger partial charge on any atom is 0.302 e. The van der Waals surface area contributed by atoms with Gasteiger partial charge in [-0.2, -0.15) is 0 Å². The van der Waals surface area contributed by atoms with Crippen LogP contribution in [0.1, 0.15) is 33.1 Å². The van der Waals surface area contributed by atoms with Crippen molar-refractivity contribution in [3.05, 3.63) is 17.9 Å². The molecule has 0 aromatic heterocycles. The van der Waals surface area contributed by atoms with E-state index in [1.807, 2.05) is 0 Å². The lowest BCUT2D eigenvalue weighted by Gasteiger charge is -2.03. The average Bonchev–Trinajstić information content (AvgIpc) is 2.05. The lowest BCUT2D eigenvalue weighted by atomic mass is 10.1. The summed E-state index contributed by atoms with van der Waals surface area (Å²) in [6, 6.07) is 0.